The fourth-order valence-electron chi connectivity index (χ4n) is 4.52. The number of nitrogens with one attached hydrogen (secondary N) is 1. The highest BCUT2D eigenvalue weighted by atomic mass is 16.6. The van der Waals surface area contributed by atoms with E-state index in [0.29, 0.717) is 32.2 Å². The van der Waals surface area contributed by atoms with E-state index in [2.05, 4.69) is 10.2 Å². The molecule has 158 valence electrons. The van der Waals surface area contributed by atoms with Gasteiger partial charge in [0.2, 0.25) is 5.91 Å². The summed E-state index contributed by atoms with van der Waals surface area (Å²) < 4.78 is 11.3. The Labute approximate surface area is 172 Å². The second-order valence-corrected chi connectivity index (χ2v) is 9.18. The number of piperazine rings is 1. The van der Waals surface area contributed by atoms with Crippen molar-refractivity contribution in [3.05, 3.63) is 29.8 Å². The molecule has 0 bridgehead atoms. The molecule has 1 aromatic carbocycles. The summed E-state index contributed by atoms with van der Waals surface area (Å²) in [5.74, 6) is 0.694. The molecule has 3 aliphatic rings. The van der Waals surface area contributed by atoms with Gasteiger partial charge in [-0.25, -0.2) is 4.79 Å². The van der Waals surface area contributed by atoms with Gasteiger partial charge in [-0.3, -0.25) is 14.6 Å². The Balaban J connectivity index is 1.52. The molecule has 2 amide bonds. The Morgan fingerprint density at radius 1 is 1.17 bits per heavy atom. The van der Waals surface area contributed by atoms with Crippen LogP contribution in [-0.2, 0) is 9.53 Å². The van der Waals surface area contributed by atoms with Crippen molar-refractivity contribution < 1.29 is 19.1 Å². The molecule has 2 saturated heterocycles. The zero-order chi connectivity index (χ0) is 20.6. The van der Waals surface area contributed by atoms with Crippen LogP contribution >= 0.6 is 0 Å². The number of fused-ring (bicyclic) bond motifs is 2. The first-order valence-electron chi connectivity index (χ1n) is 10.6. The van der Waals surface area contributed by atoms with E-state index in [4.69, 9.17) is 9.47 Å². The molecule has 4 rings (SSSR count). The van der Waals surface area contributed by atoms with E-state index >= 15 is 0 Å². The first-order valence-corrected chi connectivity index (χ1v) is 10.6. The highest BCUT2D eigenvalue weighted by molar-refractivity contribution is 5.86. The van der Waals surface area contributed by atoms with Gasteiger partial charge in [-0.2, -0.15) is 0 Å². The quantitative estimate of drug-likeness (QED) is 0.825. The molecule has 0 aromatic heterocycles. The van der Waals surface area contributed by atoms with E-state index in [0.717, 1.165) is 30.7 Å². The molecule has 2 fully saturated rings. The third-order valence-corrected chi connectivity index (χ3v) is 5.90. The van der Waals surface area contributed by atoms with Crippen molar-refractivity contribution in [1.82, 2.24) is 15.1 Å². The van der Waals surface area contributed by atoms with Crippen LogP contribution in [0, 0.1) is 0 Å². The van der Waals surface area contributed by atoms with Crippen LogP contribution in [0.15, 0.2) is 24.3 Å². The van der Waals surface area contributed by atoms with Gasteiger partial charge in [0.05, 0.1) is 12.6 Å². The number of amides is 2. The number of hydrogen-bond acceptors (Lipinski definition) is 5. The summed E-state index contributed by atoms with van der Waals surface area (Å²) in [6.07, 6.45) is 2.47. The van der Waals surface area contributed by atoms with Gasteiger partial charge in [0.25, 0.3) is 0 Å². The van der Waals surface area contributed by atoms with E-state index < -0.39 is 17.7 Å². The molecule has 1 aromatic rings. The molecule has 3 heterocycles. The molecule has 0 unspecified atom stereocenters. The minimum absolute atomic E-state index is 0.107. The Hall–Kier alpha value is -2.28. The molecule has 7 heteroatoms. The Kier molecular flexibility index (Phi) is 5.42. The van der Waals surface area contributed by atoms with E-state index in [9.17, 15) is 9.59 Å². The topological polar surface area (TPSA) is 71.1 Å². The maximum absolute atomic E-state index is 13.3. The number of benzene rings is 1. The van der Waals surface area contributed by atoms with Gasteiger partial charge in [0, 0.05) is 31.1 Å². The minimum Gasteiger partial charge on any atom is -0.493 e. The smallest absolute Gasteiger partial charge is 0.411 e. The van der Waals surface area contributed by atoms with Gasteiger partial charge in [-0.1, -0.05) is 18.2 Å². The van der Waals surface area contributed by atoms with E-state index in [1.54, 1.807) is 4.90 Å². The highest BCUT2D eigenvalue weighted by Crippen LogP contribution is 2.32. The lowest BCUT2D eigenvalue weighted by Gasteiger charge is -2.43. The molecule has 7 nitrogen and oxygen atoms in total. The normalized spacial score (nSPS) is 26.9. The number of para-hydroxylation sites is 1. The molecule has 0 aliphatic carbocycles. The number of nitrogens with zero attached hydrogens (tertiary/aromatic N) is 2. The predicted molar refractivity (Wildman–Crippen MR) is 109 cm³/mol. The number of ether oxygens (including phenoxy) is 2. The molecule has 3 atom stereocenters. The Morgan fingerprint density at radius 3 is 2.76 bits per heavy atom. The number of hydrogen-bond donors (Lipinski definition) is 1. The van der Waals surface area contributed by atoms with Crippen molar-refractivity contribution in [1.29, 1.82) is 0 Å². The van der Waals surface area contributed by atoms with Crippen LogP contribution < -0.4 is 10.1 Å². The molecule has 0 radical (unpaired) electrons. The lowest BCUT2D eigenvalue weighted by atomic mass is 9.99. The summed E-state index contributed by atoms with van der Waals surface area (Å²) >= 11 is 0. The van der Waals surface area contributed by atoms with Crippen LogP contribution in [0.25, 0.3) is 0 Å². The average Bonchev–Trinajstić information content (AvgIpc) is 3.13. The van der Waals surface area contributed by atoms with Crippen molar-refractivity contribution in [2.24, 2.45) is 0 Å². The van der Waals surface area contributed by atoms with E-state index in [-0.39, 0.29) is 11.9 Å². The van der Waals surface area contributed by atoms with Crippen molar-refractivity contribution in [2.75, 3.05) is 26.2 Å². The standard InChI is InChI=1S/C22H31N3O4/c1-22(2,3)29-21(27)25-13-15-7-6-11-24(15)14-18(25)20(26)23-17-10-12-28-19-9-5-4-8-16(17)19/h4-5,8-9,15,17-18H,6-7,10-14H2,1-3H3,(H,23,26)/t15-,17-,18+/m1/s1. The Morgan fingerprint density at radius 2 is 1.97 bits per heavy atom. The molecule has 0 spiro atoms. The maximum Gasteiger partial charge on any atom is 0.411 e. The van der Waals surface area contributed by atoms with Crippen LogP contribution in [-0.4, -0.2) is 65.7 Å². The first kappa shape index (κ1) is 20.0. The lowest BCUT2D eigenvalue weighted by molar-refractivity contribution is -0.130. The van der Waals surface area contributed by atoms with Crippen LogP contribution in [0.3, 0.4) is 0 Å². The van der Waals surface area contributed by atoms with Gasteiger partial charge in [-0.05, 0) is 46.2 Å². The van der Waals surface area contributed by atoms with Crippen molar-refractivity contribution in [3.63, 3.8) is 0 Å². The fraction of sp³-hybridized carbons (Fsp3) is 0.636. The zero-order valence-electron chi connectivity index (χ0n) is 17.5. The van der Waals surface area contributed by atoms with Crippen molar-refractivity contribution in [2.45, 2.75) is 63.8 Å². The minimum atomic E-state index is -0.593. The fourth-order valence-corrected chi connectivity index (χ4v) is 4.52. The lowest BCUT2D eigenvalue weighted by Crippen LogP contribution is -2.63. The molecule has 1 N–H and O–H groups in total. The van der Waals surface area contributed by atoms with Crippen molar-refractivity contribution >= 4 is 12.0 Å². The average molecular weight is 402 g/mol. The van der Waals surface area contributed by atoms with Crippen molar-refractivity contribution in [3.8, 4) is 5.75 Å². The second kappa shape index (κ2) is 7.86. The van der Waals surface area contributed by atoms with Crippen LogP contribution in [0.4, 0.5) is 4.79 Å². The Bertz CT molecular complexity index is 776. The summed E-state index contributed by atoms with van der Waals surface area (Å²) in [5.41, 5.74) is 0.399. The zero-order valence-corrected chi connectivity index (χ0v) is 17.5. The predicted octanol–water partition coefficient (Wildman–Crippen LogP) is 2.71. The van der Waals surface area contributed by atoms with Gasteiger partial charge >= 0.3 is 6.09 Å². The van der Waals surface area contributed by atoms with E-state index in [1.165, 1.54) is 0 Å². The molecular weight excluding hydrogens is 370 g/mol. The van der Waals surface area contributed by atoms with Crippen LogP contribution in [0.2, 0.25) is 0 Å². The summed E-state index contributed by atoms with van der Waals surface area (Å²) in [6.45, 7) is 8.20. The molecule has 0 saturated carbocycles. The maximum atomic E-state index is 13.3. The number of carbonyl (C=O) groups excluding carboxylic acids is 2. The van der Waals surface area contributed by atoms with Gasteiger partial charge in [0.15, 0.2) is 0 Å². The second-order valence-electron chi connectivity index (χ2n) is 9.18. The third-order valence-electron chi connectivity index (χ3n) is 5.90. The number of carbonyl (C=O) groups is 2. The van der Waals surface area contributed by atoms with Crippen LogP contribution in [0.5, 0.6) is 5.75 Å². The monoisotopic (exact) mass is 401 g/mol. The number of rotatable bonds is 2. The highest BCUT2D eigenvalue weighted by Gasteiger charge is 2.43. The van der Waals surface area contributed by atoms with Crippen LogP contribution in [0.1, 0.15) is 51.6 Å². The summed E-state index contributed by atoms with van der Waals surface area (Å²) in [6, 6.07) is 7.46. The summed E-state index contributed by atoms with van der Waals surface area (Å²) in [7, 11) is 0. The van der Waals surface area contributed by atoms with Gasteiger partial charge in [-0.15, -0.1) is 0 Å². The largest absolute Gasteiger partial charge is 0.493 e. The van der Waals surface area contributed by atoms with E-state index in [1.807, 2.05) is 45.0 Å². The van der Waals surface area contributed by atoms with Gasteiger partial charge < -0.3 is 14.8 Å². The van der Waals surface area contributed by atoms with Gasteiger partial charge in [0.1, 0.15) is 17.4 Å². The third kappa shape index (κ3) is 4.34. The summed E-state index contributed by atoms with van der Waals surface area (Å²) in [5, 5.41) is 3.18. The SMILES string of the molecule is CC(C)(C)OC(=O)N1C[C@H]2CCCN2C[C@H]1C(=O)N[C@@H]1CCOc2ccccc21. The molecular formula is C22H31N3O4. The molecule has 29 heavy (non-hydrogen) atoms. The first-order chi connectivity index (χ1) is 13.8. The summed E-state index contributed by atoms with van der Waals surface area (Å²) in [4.78, 5) is 30.2. The molecule has 3 aliphatic heterocycles.